The second kappa shape index (κ2) is 6.34. The van der Waals surface area contributed by atoms with Crippen molar-refractivity contribution in [3.8, 4) is 0 Å². The second-order valence-corrected chi connectivity index (χ2v) is 9.13. The topological polar surface area (TPSA) is 64.7 Å². The van der Waals surface area contributed by atoms with Gasteiger partial charge in [-0.15, -0.1) is 0 Å². The molecule has 0 spiro atoms. The number of allylic oxidation sites excluding steroid dienone is 2. The van der Waals surface area contributed by atoms with Crippen molar-refractivity contribution < 1.29 is 9.59 Å². The van der Waals surface area contributed by atoms with Crippen molar-refractivity contribution in [3.63, 3.8) is 0 Å². The standard InChI is InChI=1S/C20H30N4O2/c1-23-6-7-24-10-15(9-16(24)11-23)22-20(26)18-13-3-2-12(8-13)17(18)19(25)21-14-4-5-14/h2-3,12-18H,4-11H2,1H3,(H,21,25)(H,22,26)/t12-,13+,15-,16-,17+,18+/m0/s1. The van der Waals surface area contributed by atoms with E-state index >= 15 is 0 Å². The molecule has 6 heteroatoms. The Morgan fingerprint density at radius 1 is 0.885 bits per heavy atom. The Balaban J connectivity index is 1.24. The van der Waals surface area contributed by atoms with Crippen LogP contribution in [0.4, 0.5) is 0 Å². The summed E-state index contributed by atoms with van der Waals surface area (Å²) in [6.07, 6.45) is 8.51. The van der Waals surface area contributed by atoms with E-state index in [-0.39, 0.29) is 41.5 Å². The predicted octanol–water partition coefficient (Wildman–Crippen LogP) is 0.208. The fourth-order valence-electron chi connectivity index (χ4n) is 5.66. The molecule has 5 rings (SSSR count). The molecule has 4 fully saturated rings. The smallest absolute Gasteiger partial charge is 0.224 e. The molecule has 0 aromatic rings. The van der Waals surface area contributed by atoms with Crippen LogP contribution in [-0.2, 0) is 9.59 Å². The third-order valence-electron chi connectivity index (χ3n) is 7.15. The highest BCUT2D eigenvalue weighted by molar-refractivity contribution is 5.90. The van der Waals surface area contributed by atoms with Crippen molar-refractivity contribution in [3.05, 3.63) is 12.2 Å². The molecule has 2 saturated heterocycles. The van der Waals surface area contributed by atoms with Gasteiger partial charge in [-0.1, -0.05) is 12.2 Å². The first-order valence-electron chi connectivity index (χ1n) is 10.3. The number of fused-ring (bicyclic) bond motifs is 3. The van der Waals surface area contributed by atoms with E-state index in [1.807, 2.05) is 0 Å². The summed E-state index contributed by atoms with van der Waals surface area (Å²) in [5, 5.41) is 6.46. The third-order valence-corrected chi connectivity index (χ3v) is 7.15. The van der Waals surface area contributed by atoms with Crippen molar-refractivity contribution in [1.29, 1.82) is 0 Å². The lowest BCUT2D eigenvalue weighted by Gasteiger charge is -2.34. The molecule has 2 heterocycles. The first-order chi connectivity index (χ1) is 12.6. The number of rotatable bonds is 4. The van der Waals surface area contributed by atoms with Crippen LogP contribution in [0.3, 0.4) is 0 Å². The lowest BCUT2D eigenvalue weighted by Crippen LogP contribution is -2.49. The van der Waals surface area contributed by atoms with Crippen molar-refractivity contribution in [2.24, 2.45) is 23.7 Å². The minimum atomic E-state index is -0.177. The van der Waals surface area contributed by atoms with Crippen LogP contribution in [0.2, 0.25) is 0 Å². The van der Waals surface area contributed by atoms with Crippen LogP contribution in [0.15, 0.2) is 12.2 Å². The Bertz CT molecular complexity index is 631. The first-order valence-corrected chi connectivity index (χ1v) is 10.3. The first kappa shape index (κ1) is 16.8. The maximum absolute atomic E-state index is 13.1. The SMILES string of the molecule is CN1CCN2C[C@@H](NC(=O)[C@H]3[C@H](C(=O)NC4CC4)[C@H]4C=C[C@@H]3C4)C[C@H]2C1. The fourth-order valence-corrected chi connectivity index (χ4v) is 5.66. The minimum Gasteiger partial charge on any atom is -0.353 e. The molecule has 6 atom stereocenters. The average Bonchev–Trinajstić information content (AvgIpc) is 3.04. The Morgan fingerprint density at radius 3 is 2.19 bits per heavy atom. The minimum absolute atomic E-state index is 0.106. The van der Waals surface area contributed by atoms with Crippen molar-refractivity contribution >= 4 is 11.8 Å². The Labute approximate surface area is 155 Å². The number of likely N-dealkylation sites (N-methyl/N-ethyl adjacent to an activating group) is 1. The molecule has 2 saturated carbocycles. The van der Waals surface area contributed by atoms with E-state index in [2.05, 4.69) is 39.6 Å². The van der Waals surface area contributed by atoms with Gasteiger partial charge in [-0.05, 0) is 44.6 Å². The van der Waals surface area contributed by atoms with Crippen LogP contribution < -0.4 is 10.6 Å². The van der Waals surface area contributed by atoms with Gasteiger partial charge in [-0.3, -0.25) is 14.5 Å². The highest BCUT2D eigenvalue weighted by Crippen LogP contribution is 2.48. The van der Waals surface area contributed by atoms with Crippen LogP contribution in [0.25, 0.3) is 0 Å². The van der Waals surface area contributed by atoms with Crippen LogP contribution in [0.1, 0.15) is 25.7 Å². The molecule has 5 aliphatic rings. The number of hydrogen-bond acceptors (Lipinski definition) is 4. The van der Waals surface area contributed by atoms with Crippen LogP contribution >= 0.6 is 0 Å². The van der Waals surface area contributed by atoms with E-state index in [1.54, 1.807) is 0 Å². The molecule has 6 nitrogen and oxygen atoms in total. The van der Waals surface area contributed by atoms with Gasteiger partial charge in [-0.25, -0.2) is 0 Å². The predicted molar refractivity (Wildman–Crippen MR) is 98.3 cm³/mol. The number of nitrogens with zero attached hydrogens (tertiary/aromatic N) is 2. The summed E-state index contributed by atoms with van der Waals surface area (Å²) < 4.78 is 0. The molecule has 2 N–H and O–H groups in total. The van der Waals surface area contributed by atoms with Crippen LogP contribution in [0.5, 0.6) is 0 Å². The average molecular weight is 358 g/mol. The van der Waals surface area contributed by atoms with Gasteiger partial charge in [0, 0.05) is 44.3 Å². The maximum Gasteiger partial charge on any atom is 0.224 e. The summed E-state index contributed by atoms with van der Waals surface area (Å²) >= 11 is 0. The maximum atomic E-state index is 13.1. The molecular weight excluding hydrogens is 328 g/mol. The Kier molecular flexibility index (Phi) is 4.09. The Hall–Kier alpha value is -1.40. The third kappa shape index (κ3) is 2.97. The zero-order chi connectivity index (χ0) is 17.8. The molecule has 2 amide bonds. The number of amides is 2. The molecule has 0 radical (unpaired) electrons. The molecule has 2 aliphatic heterocycles. The van der Waals surface area contributed by atoms with Gasteiger partial charge in [-0.2, -0.15) is 0 Å². The zero-order valence-electron chi connectivity index (χ0n) is 15.6. The molecule has 0 unspecified atom stereocenters. The number of hydrogen-bond donors (Lipinski definition) is 2. The number of nitrogens with one attached hydrogen (secondary N) is 2. The van der Waals surface area contributed by atoms with Gasteiger partial charge >= 0.3 is 0 Å². The van der Waals surface area contributed by atoms with Gasteiger partial charge in [0.05, 0.1) is 11.8 Å². The van der Waals surface area contributed by atoms with Gasteiger partial charge in [0.25, 0.3) is 0 Å². The number of carbonyl (C=O) groups is 2. The summed E-state index contributed by atoms with van der Waals surface area (Å²) in [5.74, 6) is 0.360. The molecule has 0 aromatic carbocycles. The van der Waals surface area contributed by atoms with Crippen molar-refractivity contribution in [1.82, 2.24) is 20.4 Å². The van der Waals surface area contributed by atoms with Gasteiger partial charge < -0.3 is 15.5 Å². The molecule has 26 heavy (non-hydrogen) atoms. The quantitative estimate of drug-likeness (QED) is 0.705. The van der Waals surface area contributed by atoms with E-state index in [4.69, 9.17) is 0 Å². The van der Waals surface area contributed by atoms with Gasteiger partial charge in [0.15, 0.2) is 0 Å². The van der Waals surface area contributed by atoms with Crippen molar-refractivity contribution in [2.45, 2.75) is 43.8 Å². The number of piperazine rings is 1. The summed E-state index contributed by atoms with van der Waals surface area (Å²) in [7, 11) is 2.17. The second-order valence-electron chi connectivity index (χ2n) is 9.13. The van der Waals surface area contributed by atoms with Gasteiger partial charge in [0.1, 0.15) is 0 Å². The highest BCUT2D eigenvalue weighted by Gasteiger charge is 2.52. The monoisotopic (exact) mass is 358 g/mol. The lowest BCUT2D eigenvalue weighted by molar-refractivity contribution is -0.135. The Morgan fingerprint density at radius 2 is 1.54 bits per heavy atom. The number of carbonyl (C=O) groups excluding carboxylic acids is 2. The summed E-state index contributed by atoms with van der Waals surface area (Å²) in [6, 6.07) is 1.15. The molecule has 3 aliphatic carbocycles. The van der Waals surface area contributed by atoms with E-state index in [0.717, 1.165) is 51.9 Å². The fraction of sp³-hybridized carbons (Fsp3) is 0.800. The molecule has 2 bridgehead atoms. The largest absolute Gasteiger partial charge is 0.353 e. The molecule has 0 aromatic heterocycles. The lowest BCUT2D eigenvalue weighted by atomic mass is 9.81. The zero-order valence-corrected chi connectivity index (χ0v) is 15.6. The normalized spacial score (nSPS) is 42.0. The van der Waals surface area contributed by atoms with Crippen molar-refractivity contribution in [2.75, 3.05) is 33.2 Å². The van der Waals surface area contributed by atoms with E-state index in [1.165, 1.54) is 0 Å². The summed E-state index contributed by atoms with van der Waals surface area (Å²) in [6.45, 7) is 4.25. The van der Waals surface area contributed by atoms with E-state index in [9.17, 15) is 9.59 Å². The molecule has 142 valence electrons. The summed E-state index contributed by atoms with van der Waals surface area (Å²) in [5.41, 5.74) is 0. The summed E-state index contributed by atoms with van der Waals surface area (Å²) in [4.78, 5) is 30.8. The van der Waals surface area contributed by atoms with Crippen LogP contribution in [-0.4, -0.2) is 73.0 Å². The van der Waals surface area contributed by atoms with Gasteiger partial charge in [0.2, 0.25) is 11.8 Å². The molecular formula is C20H30N4O2. The van der Waals surface area contributed by atoms with Crippen LogP contribution in [0, 0.1) is 23.7 Å². The van der Waals surface area contributed by atoms with E-state index < -0.39 is 0 Å². The highest BCUT2D eigenvalue weighted by atomic mass is 16.2. The van der Waals surface area contributed by atoms with E-state index in [0.29, 0.717) is 12.1 Å².